The lowest BCUT2D eigenvalue weighted by molar-refractivity contribution is 1.32. The number of nitrogen functional groups attached to an aromatic ring is 3. The van der Waals surface area contributed by atoms with E-state index >= 15 is 0 Å². The second-order valence-electron chi connectivity index (χ2n) is 6.39. The zero-order valence-electron chi connectivity index (χ0n) is 14.8. The maximum Gasteiger partial charge on any atom is 0.0736 e. The number of rotatable bonds is 3. The molecule has 0 saturated carbocycles. The molecule has 4 heteroatoms. The molecule has 0 atom stereocenters. The van der Waals surface area contributed by atoms with Crippen LogP contribution in [0.4, 0.5) is 17.1 Å². The van der Waals surface area contributed by atoms with Crippen LogP contribution in [0.5, 0.6) is 0 Å². The normalized spacial score (nSPS) is 10.7. The van der Waals surface area contributed by atoms with Crippen LogP contribution in [0.3, 0.4) is 0 Å². The molecule has 0 amide bonds. The number of aromatic nitrogens is 1. The van der Waals surface area contributed by atoms with Crippen LogP contribution in [-0.4, -0.2) is 4.98 Å². The molecule has 132 valence electrons. The Bertz CT molecular complexity index is 965. The van der Waals surface area contributed by atoms with Crippen molar-refractivity contribution in [2.75, 3.05) is 17.2 Å². The summed E-state index contributed by atoms with van der Waals surface area (Å²) in [6.07, 6.45) is 0. The molecule has 0 saturated heterocycles. The molecule has 3 aromatic carbocycles. The van der Waals surface area contributed by atoms with Crippen LogP contribution >= 0.6 is 0 Å². The summed E-state index contributed by atoms with van der Waals surface area (Å²) < 4.78 is 0. The predicted molar refractivity (Wildman–Crippen MR) is 114 cm³/mol. The van der Waals surface area contributed by atoms with Crippen molar-refractivity contribution >= 4 is 17.1 Å². The molecular formula is C23H20N4. The van der Waals surface area contributed by atoms with Gasteiger partial charge in [-0.25, -0.2) is 4.98 Å². The second-order valence-corrected chi connectivity index (χ2v) is 6.39. The summed E-state index contributed by atoms with van der Waals surface area (Å²) in [5.41, 5.74) is 25.9. The van der Waals surface area contributed by atoms with Crippen LogP contribution in [0.2, 0.25) is 0 Å². The van der Waals surface area contributed by atoms with Gasteiger partial charge in [0.25, 0.3) is 0 Å². The molecule has 1 heterocycles. The van der Waals surface area contributed by atoms with Crippen LogP contribution in [0, 0.1) is 0 Å². The van der Waals surface area contributed by atoms with Crippen LogP contribution in [-0.2, 0) is 0 Å². The minimum atomic E-state index is 0.676. The molecule has 1 aromatic heterocycles. The Morgan fingerprint density at radius 2 is 0.852 bits per heavy atom. The van der Waals surface area contributed by atoms with E-state index in [1.54, 1.807) is 0 Å². The smallest absolute Gasteiger partial charge is 0.0736 e. The van der Waals surface area contributed by atoms with Crippen molar-refractivity contribution in [1.82, 2.24) is 4.98 Å². The van der Waals surface area contributed by atoms with Crippen molar-refractivity contribution in [3.8, 4) is 33.6 Å². The molecule has 6 N–H and O–H groups in total. The molecule has 0 radical (unpaired) electrons. The van der Waals surface area contributed by atoms with Gasteiger partial charge in [0.05, 0.1) is 11.4 Å². The molecular weight excluding hydrogens is 332 g/mol. The highest BCUT2D eigenvalue weighted by molar-refractivity contribution is 5.86. The lowest BCUT2D eigenvalue weighted by atomic mass is 9.98. The summed E-state index contributed by atoms with van der Waals surface area (Å²) in [4.78, 5) is 4.85. The van der Waals surface area contributed by atoms with Gasteiger partial charge in [-0.05, 0) is 35.9 Å². The number of para-hydroxylation sites is 3. The van der Waals surface area contributed by atoms with Crippen LogP contribution < -0.4 is 17.2 Å². The molecule has 0 fully saturated rings. The monoisotopic (exact) mass is 352 g/mol. The lowest BCUT2D eigenvalue weighted by Crippen LogP contribution is -1.97. The van der Waals surface area contributed by atoms with Gasteiger partial charge >= 0.3 is 0 Å². The van der Waals surface area contributed by atoms with Crippen LogP contribution in [0.25, 0.3) is 33.6 Å². The minimum Gasteiger partial charge on any atom is -0.398 e. The van der Waals surface area contributed by atoms with E-state index in [0.717, 1.165) is 33.6 Å². The number of hydrogen-bond donors (Lipinski definition) is 3. The van der Waals surface area contributed by atoms with E-state index < -0.39 is 0 Å². The number of nitrogens with zero attached hydrogens (tertiary/aromatic N) is 1. The number of benzene rings is 3. The highest BCUT2D eigenvalue weighted by Gasteiger charge is 2.13. The van der Waals surface area contributed by atoms with Gasteiger partial charge in [0, 0.05) is 33.8 Å². The number of anilines is 3. The molecule has 27 heavy (non-hydrogen) atoms. The number of nitrogens with two attached hydrogens (primary N) is 3. The molecule has 0 aliphatic rings. The van der Waals surface area contributed by atoms with E-state index in [2.05, 4.69) is 0 Å². The van der Waals surface area contributed by atoms with E-state index in [0.29, 0.717) is 17.1 Å². The molecule has 0 bridgehead atoms. The zero-order chi connectivity index (χ0) is 18.8. The largest absolute Gasteiger partial charge is 0.398 e. The van der Waals surface area contributed by atoms with Crippen molar-refractivity contribution in [2.24, 2.45) is 0 Å². The highest BCUT2D eigenvalue weighted by atomic mass is 14.7. The third kappa shape index (κ3) is 3.20. The summed E-state index contributed by atoms with van der Waals surface area (Å²) in [6.45, 7) is 0. The molecule has 0 aliphatic carbocycles. The topological polar surface area (TPSA) is 91.0 Å². The predicted octanol–water partition coefficient (Wildman–Crippen LogP) is 4.83. The number of hydrogen-bond acceptors (Lipinski definition) is 4. The molecule has 0 unspecified atom stereocenters. The Morgan fingerprint density at radius 1 is 0.481 bits per heavy atom. The van der Waals surface area contributed by atoms with Crippen molar-refractivity contribution in [1.29, 1.82) is 0 Å². The van der Waals surface area contributed by atoms with E-state index in [1.807, 2.05) is 84.9 Å². The van der Waals surface area contributed by atoms with Crippen molar-refractivity contribution in [3.05, 3.63) is 84.9 Å². The maximum absolute atomic E-state index is 6.22. The molecule has 0 aliphatic heterocycles. The third-order valence-electron chi connectivity index (χ3n) is 4.57. The standard InChI is InChI=1S/C23H20N4/c24-19-10-4-1-7-16(19)15-13-22(17-8-2-5-11-20(17)25)27-23(14-15)18-9-3-6-12-21(18)26/h1-14H,24-26H2. The molecule has 0 spiro atoms. The highest BCUT2D eigenvalue weighted by Crippen LogP contribution is 2.35. The van der Waals surface area contributed by atoms with Crippen LogP contribution in [0.15, 0.2) is 84.9 Å². The Labute approximate surface area is 158 Å². The second kappa shape index (κ2) is 6.84. The maximum atomic E-state index is 6.22. The Hall–Kier alpha value is -3.79. The van der Waals surface area contributed by atoms with Gasteiger partial charge in [0.2, 0.25) is 0 Å². The lowest BCUT2D eigenvalue weighted by Gasteiger charge is -2.13. The summed E-state index contributed by atoms with van der Waals surface area (Å²) in [7, 11) is 0. The van der Waals surface area contributed by atoms with E-state index in [4.69, 9.17) is 22.2 Å². The van der Waals surface area contributed by atoms with Crippen molar-refractivity contribution in [2.45, 2.75) is 0 Å². The van der Waals surface area contributed by atoms with Crippen molar-refractivity contribution < 1.29 is 0 Å². The Kier molecular flexibility index (Phi) is 4.22. The van der Waals surface area contributed by atoms with Gasteiger partial charge in [0.1, 0.15) is 0 Å². The minimum absolute atomic E-state index is 0.676. The average Bonchev–Trinajstić information content (AvgIpc) is 2.69. The molecule has 4 nitrogen and oxygen atoms in total. The van der Waals surface area contributed by atoms with Gasteiger partial charge in [-0.3, -0.25) is 0 Å². The SMILES string of the molecule is Nc1ccccc1-c1cc(-c2ccccc2N)nc(-c2ccccc2N)c1. The Morgan fingerprint density at radius 3 is 1.26 bits per heavy atom. The summed E-state index contributed by atoms with van der Waals surface area (Å²) >= 11 is 0. The summed E-state index contributed by atoms with van der Waals surface area (Å²) in [6, 6.07) is 27.2. The fraction of sp³-hybridized carbons (Fsp3) is 0. The zero-order valence-corrected chi connectivity index (χ0v) is 14.8. The quantitative estimate of drug-likeness (QED) is 0.461. The summed E-state index contributed by atoms with van der Waals surface area (Å²) in [5.74, 6) is 0. The first-order valence-electron chi connectivity index (χ1n) is 8.70. The van der Waals surface area contributed by atoms with Gasteiger partial charge in [-0.1, -0.05) is 54.6 Å². The molecule has 4 rings (SSSR count). The van der Waals surface area contributed by atoms with E-state index in [1.165, 1.54) is 0 Å². The van der Waals surface area contributed by atoms with Gasteiger partial charge in [-0.15, -0.1) is 0 Å². The first kappa shape index (κ1) is 16.7. The first-order valence-corrected chi connectivity index (χ1v) is 8.70. The van der Waals surface area contributed by atoms with Crippen LogP contribution in [0.1, 0.15) is 0 Å². The fourth-order valence-corrected chi connectivity index (χ4v) is 3.18. The van der Waals surface area contributed by atoms with Crippen molar-refractivity contribution in [3.63, 3.8) is 0 Å². The summed E-state index contributed by atoms with van der Waals surface area (Å²) in [5, 5.41) is 0. The number of pyridine rings is 1. The molecule has 4 aromatic rings. The van der Waals surface area contributed by atoms with E-state index in [-0.39, 0.29) is 0 Å². The average molecular weight is 352 g/mol. The third-order valence-corrected chi connectivity index (χ3v) is 4.57. The van der Waals surface area contributed by atoms with E-state index in [9.17, 15) is 0 Å². The van der Waals surface area contributed by atoms with Gasteiger partial charge < -0.3 is 17.2 Å². The first-order chi connectivity index (χ1) is 13.1. The Balaban J connectivity index is 1.99. The van der Waals surface area contributed by atoms with Gasteiger partial charge in [-0.2, -0.15) is 0 Å². The fourth-order valence-electron chi connectivity index (χ4n) is 3.18. The van der Waals surface area contributed by atoms with Gasteiger partial charge in [0.15, 0.2) is 0 Å².